The third kappa shape index (κ3) is 3.08. The summed E-state index contributed by atoms with van der Waals surface area (Å²) in [6.07, 6.45) is 6.23. The summed E-state index contributed by atoms with van der Waals surface area (Å²) in [5.41, 5.74) is 1.41. The number of allylic oxidation sites excluding steroid dienone is 1. The molecule has 4 rings (SSSR count). The van der Waals surface area contributed by atoms with E-state index in [1.165, 1.54) is 18.5 Å². The molecular formula is C20H12N2O4. The minimum absolute atomic E-state index is 0.177. The van der Waals surface area contributed by atoms with Crippen molar-refractivity contribution in [2.45, 2.75) is 0 Å². The van der Waals surface area contributed by atoms with Crippen LogP contribution in [0.15, 0.2) is 72.9 Å². The van der Waals surface area contributed by atoms with Crippen LogP contribution in [0.5, 0.6) is 11.5 Å². The van der Waals surface area contributed by atoms with Crippen molar-refractivity contribution < 1.29 is 19.1 Å². The van der Waals surface area contributed by atoms with Crippen LogP contribution in [0.1, 0.15) is 26.4 Å². The molecular weight excluding hydrogens is 332 g/mol. The number of ether oxygens (including phenoxy) is 2. The van der Waals surface area contributed by atoms with E-state index in [9.17, 15) is 9.59 Å². The normalized spacial score (nSPS) is 14.0. The Bertz CT molecular complexity index is 1010. The van der Waals surface area contributed by atoms with Crippen molar-refractivity contribution in [3.05, 3.63) is 89.7 Å². The number of fused-ring (bicyclic) bond motifs is 1. The number of carbonyl (C=O) groups excluding carboxylic acids is 2. The molecule has 6 heteroatoms. The van der Waals surface area contributed by atoms with Crippen molar-refractivity contribution in [2.24, 2.45) is 0 Å². The van der Waals surface area contributed by atoms with Crippen LogP contribution in [0.25, 0.3) is 6.08 Å². The fourth-order valence-corrected chi connectivity index (χ4v) is 2.48. The van der Waals surface area contributed by atoms with Gasteiger partial charge in [-0.25, -0.2) is 4.79 Å². The molecule has 0 unspecified atom stereocenters. The van der Waals surface area contributed by atoms with E-state index in [0.29, 0.717) is 22.6 Å². The molecule has 0 radical (unpaired) electrons. The molecule has 1 aliphatic rings. The van der Waals surface area contributed by atoms with Crippen LogP contribution in [0.2, 0.25) is 0 Å². The van der Waals surface area contributed by atoms with Crippen LogP contribution in [0, 0.1) is 0 Å². The predicted octanol–water partition coefficient (Wildman–Crippen LogP) is 3.31. The van der Waals surface area contributed by atoms with Crippen LogP contribution in [-0.2, 0) is 0 Å². The molecule has 0 saturated carbocycles. The molecule has 2 aromatic heterocycles. The summed E-state index contributed by atoms with van der Waals surface area (Å²) in [5.74, 6) is 0.0598. The zero-order valence-corrected chi connectivity index (χ0v) is 13.5. The third-order valence-corrected chi connectivity index (χ3v) is 3.73. The highest BCUT2D eigenvalue weighted by molar-refractivity contribution is 6.14. The average Bonchev–Trinajstić information content (AvgIpc) is 2.98. The second kappa shape index (κ2) is 6.60. The summed E-state index contributed by atoms with van der Waals surface area (Å²) in [7, 11) is 0. The summed E-state index contributed by atoms with van der Waals surface area (Å²) in [6.45, 7) is 0. The Morgan fingerprint density at radius 1 is 1.04 bits per heavy atom. The highest BCUT2D eigenvalue weighted by Gasteiger charge is 2.28. The maximum atomic E-state index is 12.4. The zero-order chi connectivity index (χ0) is 17.9. The largest absolute Gasteiger partial charge is 0.452 e. The zero-order valence-electron chi connectivity index (χ0n) is 13.5. The van der Waals surface area contributed by atoms with Crippen molar-refractivity contribution in [3.63, 3.8) is 0 Å². The van der Waals surface area contributed by atoms with Crippen molar-refractivity contribution in [1.29, 1.82) is 0 Å². The van der Waals surface area contributed by atoms with E-state index in [0.717, 1.165) is 0 Å². The maximum Gasteiger partial charge on any atom is 0.343 e. The Balaban J connectivity index is 1.56. The number of Topliss-reactive ketones (excluding diaryl/α,β-unsaturated/α-hetero) is 1. The number of hydrogen-bond acceptors (Lipinski definition) is 6. The second-order valence-corrected chi connectivity index (χ2v) is 5.48. The van der Waals surface area contributed by atoms with Gasteiger partial charge < -0.3 is 9.47 Å². The van der Waals surface area contributed by atoms with Gasteiger partial charge >= 0.3 is 5.97 Å². The van der Waals surface area contributed by atoms with Crippen molar-refractivity contribution >= 4 is 17.8 Å². The Morgan fingerprint density at radius 2 is 1.88 bits per heavy atom. The number of pyridine rings is 2. The van der Waals surface area contributed by atoms with Gasteiger partial charge in [0.05, 0.1) is 16.8 Å². The van der Waals surface area contributed by atoms with E-state index in [1.807, 2.05) is 6.07 Å². The summed E-state index contributed by atoms with van der Waals surface area (Å²) >= 11 is 0. The Morgan fingerprint density at radius 3 is 2.65 bits per heavy atom. The average molecular weight is 344 g/mol. The number of carbonyl (C=O) groups is 2. The number of rotatable bonds is 3. The van der Waals surface area contributed by atoms with Gasteiger partial charge in [-0.05, 0) is 36.4 Å². The van der Waals surface area contributed by atoms with Gasteiger partial charge in [-0.2, -0.15) is 0 Å². The van der Waals surface area contributed by atoms with Gasteiger partial charge in [0.1, 0.15) is 11.5 Å². The number of ketones is 1. The predicted molar refractivity (Wildman–Crippen MR) is 92.8 cm³/mol. The molecule has 3 heterocycles. The lowest BCUT2D eigenvalue weighted by Crippen LogP contribution is -2.08. The van der Waals surface area contributed by atoms with Crippen molar-refractivity contribution in [3.8, 4) is 11.5 Å². The first kappa shape index (κ1) is 15.7. The molecule has 1 aliphatic heterocycles. The first-order valence-corrected chi connectivity index (χ1v) is 7.82. The fraction of sp³-hybridized carbons (Fsp3) is 0. The fourth-order valence-electron chi connectivity index (χ4n) is 2.48. The molecule has 0 spiro atoms. The summed E-state index contributed by atoms with van der Waals surface area (Å²) < 4.78 is 10.9. The molecule has 3 aromatic rings. The maximum absolute atomic E-state index is 12.4. The number of aromatic nitrogens is 2. The molecule has 1 aromatic carbocycles. The lowest BCUT2D eigenvalue weighted by Gasteiger charge is -2.05. The lowest BCUT2D eigenvalue weighted by molar-refractivity contribution is 0.0734. The van der Waals surface area contributed by atoms with Gasteiger partial charge in [-0.1, -0.05) is 6.07 Å². The minimum atomic E-state index is -0.513. The van der Waals surface area contributed by atoms with Gasteiger partial charge in [0.25, 0.3) is 0 Å². The van der Waals surface area contributed by atoms with Crippen LogP contribution in [-0.4, -0.2) is 21.7 Å². The smallest absolute Gasteiger partial charge is 0.343 e. The van der Waals surface area contributed by atoms with Gasteiger partial charge in [0.15, 0.2) is 5.76 Å². The molecule has 0 aliphatic carbocycles. The van der Waals surface area contributed by atoms with Gasteiger partial charge in [-0.3, -0.25) is 14.8 Å². The minimum Gasteiger partial charge on any atom is -0.452 e. The number of nitrogens with zero attached hydrogens (tertiary/aromatic N) is 2. The van der Waals surface area contributed by atoms with Crippen LogP contribution < -0.4 is 9.47 Å². The summed E-state index contributed by atoms with van der Waals surface area (Å²) in [5, 5.41) is 0. The van der Waals surface area contributed by atoms with E-state index < -0.39 is 5.97 Å². The first-order valence-electron chi connectivity index (χ1n) is 7.82. The molecule has 6 nitrogen and oxygen atoms in total. The van der Waals surface area contributed by atoms with Gasteiger partial charge in [0, 0.05) is 30.7 Å². The van der Waals surface area contributed by atoms with Crippen LogP contribution >= 0.6 is 0 Å². The summed E-state index contributed by atoms with van der Waals surface area (Å²) in [4.78, 5) is 32.5. The van der Waals surface area contributed by atoms with E-state index >= 15 is 0 Å². The second-order valence-electron chi connectivity index (χ2n) is 5.48. The quantitative estimate of drug-likeness (QED) is 0.412. The highest BCUT2D eigenvalue weighted by Crippen LogP contribution is 2.34. The van der Waals surface area contributed by atoms with E-state index in [-0.39, 0.29) is 17.3 Å². The van der Waals surface area contributed by atoms with E-state index in [4.69, 9.17) is 9.47 Å². The molecule has 0 amide bonds. The molecule has 126 valence electrons. The molecule has 0 fully saturated rings. The van der Waals surface area contributed by atoms with Gasteiger partial charge in [-0.15, -0.1) is 0 Å². The Kier molecular flexibility index (Phi) is 3.99. The standard InChI is InChI=1S/C20H12N2O4/c23-19-16-5-4-15(25-20(24)13-6-9-21-10-7-13)12-17(16)26-18(19)11-14-3-1-2-8-22-14/h1-12H/b18-11-. The molecule has 0 N–H and O–H groups in total. The highest BCUT2D eigenvalue weighted by atomic mass is 16.5. The van der Waals surface area contributed by atoms with Crippen molar-refractivity contribution in [2.75, 3.05) is 0 Å². The molecule has 26 heavy (non-hydrogen) atoms. The number of benzene rings is 1. The van der Waals surface area contributed by atoms with Crippen molar-refractivity contribution in [1.82, 2.24) is 9.97 Å². The van der Waals surface area contributed by atoms with Crippen LogP contribution in [0.4, 0.5) is 0 Å². The molecule has 0 bridgehead atoms. The topological polar surface area (TPSA) is 78.4 Å². The van der Waals surface area contributed by atoms with Gasteiger partial charge in [0.2, 0.25) is 5.78 Å². The van der Waals surface area contributed by atoms with E-state index in [1.54, 1.807) is 48.7 Å². The molecule has 0 saturated heterocycles. The Hall–Kier alpha value is -3.80. The third-order valence-electron chi connectivity index (χ3n) is 3.73. The SMILES string of the molecule is O=C(Oc1ccc2c(c1)O/C(=C\c1ccccn1)C2=O)c1ccncc1. The Labute approximate surface area is 148 Å². The van der Waals surface area contributed by atoms with Crippen LogP contribution in [0.3, 0.4) is 0 Å². The number of esters is 1. The first-order chi connectivity index (χ1) is 12.7. The summed E-state index contributed by atoms with van der Waals surface area (Å²) in [6, 6.07) is 13.2. The van der Waals surface area contributed by atoms with E-state index in [2.05, 4.69) is 9.97 Å². The number of hydrogen-bond donors (Lipinski definition) is 0. The lowest BCUT2D eigenvalue weighted by atomic mass is 10.1. The molecule has 0 atom stereocenters. The monoisotopic (exact) mass is 344 g/mol.